The highest BCUT2D eigenvalue weighted by Gasteiger charge is 2.16. The molecule has 0 saturated heterocycles. The first-order valence-corrected chi connectivity index (χ1v) is 6.02. The molecule has 0 radical (unpaired) electrons. The maximum absolute atomic E-state index is 12.8. The van der Waals surface area contributed by atoms with Gasteiger partial charge < -0.3 is 5.32 Å². The average Bonchev–Trinajstić information content (AvgIpc) is 2.77. The Kier molecular flexibility index (Phi) is 2.90. The summed E-state index contributed by atoms with van der Waals surface area (Å²) in [4.78, 5) is 20.4. The Labute approximate surface area is 114 Å². The minimum Gasteiger partial charge on any atom is -0.305 e. The maximum Gasteiger partial charge on any atom is 0.275 e. The van der Waals surface area contributed by atoms with E-state index in [1.165, 1.54) is 12.1 Å². The van der Waals surface area contributed by atoms with Crippen LogP contribution in [-0.4, -0.2) is 20.3 Å². The molecule has 1 amide bonds. The molecule has 100 valence electrons. The first-order chi connectivity index (χ1) is 9.65. The van der Waals surface area contributed by atoms with E-state index in [4.69, 9.17) is 0 Å². The average molecular weight is 270 g/mol. The minimum atomic E-state index is -0.450. The standard InChI is InChI=1S/C14H11FN4O/c1-9-13(19-7-3-2-4-12(19)17-9)14(20)18-11-6-5-10(15)8-16-11/h2-8H,1H3,(H,16,18,20). The fraction of sp³-hybridized carbons (Fsp3) is 0.0714. The molecule has 0 spiro atoms. The molecular formula is C14H11FN4O. The largest absolute Gasteiger partial charge is 0.305 e. The molecule has 3 rings (SSSR count). The molecule has 3 aromatic rings. The van der Waals surface area contributed by atoms with Gasteiger partial charge in [0.05, 0.1) is 11.9 Å². The number of aromatic nitrogens is 3. The Morgan fingerprint density at radius 3 is 2.90 bits per heavy atom. The van der Waals surface area contributed by atoms with Gasteiger partial charge in [0.25, 0.3) is 5.91 Å². The normalized spacial score (nSPS) is 10.7. The van der Waals surface area contributed by atoms with E-state index in [-0.39, 0.29) is 5.91 Å². The molecule has 0 fully saturated rings. The van der Waals surface area contributed by atoms with Gasteiger partial charge >= 0.3 is 0 Å². The number of amides is 1. The van der Waals surface area contributed by atoms with Crippen molar-refractivity contribution >= 4 is 17.4 Å². The summed E-state index contributed by atoms with van der Waals surface area (Å²) in [6, 6.07) is 8.14. The molecule has 0 bridgehead atoms. The lowest BCUT2D eigenvalue weighted by Crippen LogP contribution is -2.16. The van der Waals surface area contributed by atoms with Crippen molar-refractivity contribution in [3.63, 3.8) is 0 Å². The molecule has 0 saturated carbocycles. The van der Waals surface area contributed by atoms with Gasteiger partial charge in [-0.3, -0.25) is 9.20 Å². The lowest BCUT2D eigenvalue weighted by atomic mass is 10.3. The van der Waals surface area contributed by atoms with Gasteiger partial charge in [0.2, 0.25) is 0 Å². The van der Waals surface area contributed by atoms with Crippen LogP contribution in [0.5, 0.6) is 0 Å². The van der Waals surface area contributed by atoms with Crippen LogP contribution in [0.4, 0.5) is 10.2 Å². The second-order valence-electron chi connectivity index (χ2n) is 4.29. The quantitative estimate of drug-likeness (QED) is 0.778. The number of hydrogen-bond donors (Lipinski definition) is 1. The van der Waals surface area contributed by atoms with Crippen molar-refractivity contribution in [1.29, 1.82) is 0 Å². The fourth-order valence-electron chi connectivity index (χ4n) is 2.01. The van der Waals surface area contributed by atoms with E-state index in [0.29, 0.717) is 22.9 Å². The summed E-state index contributed by atoms with van der Waals surface area (Å²) in [7, 11) is 0. The van der Waals surface area contributed by atoms with E-state index in [0.717, 1.165) is 6.20 Å². The maximum atomic E-state index is 12.8. The van der Waals surface area contributed by atoms with Crippen LogP contribution in [0.15, 0.2) is 42.7 Å². The molecule has 0 aliphatic carbocycles. The van der Waals surface area contributed by atoms with Crippen molar-refractivity contribution in [3.05, 3.63) is 59.9 Å². The molecule has 6 heteroatoms. The first-order valence-electron chi connectivity index (χ1n) is 6.02. The van der Waals surface area contributed by atoms with Crippen LogP contribution >= 0.6 is 0 Å². The number of hydrogen-bond acceptors (Lipinski definition) is 3. The van der Waals surface area contributed by atoms with Crippen molar-refractivity contribution in [2.45, 2.75) is 6.92 Å². The minimum absolute atomic E-state index is 0.293. The van der Waals surface area contributed by atoms with Crippen LogP contribution in [0.2, 0.25) is 0 Å². The Bertz CT molecular complexity index is 779. The van der Waals surface area contributed by atoms with Crippen molar-refractivity contribution in [2.75, 3.05) is 5.32 Å². The van der Waals surface area contributed by atoms with E-state index >= 15 is 0 Å². The molecule has 0 unspecified atom stereocenters. The number of rotatable bonds is 2. The highest BCUT2D eigenvalue weighted by molar-refractivity contribution is 6.03. The third-order valence-corrected chi connectivity index (χ3v) is 2.89. The molecule has 0 atom stereocenters. The number of aryl methyl sites for hydroxylation is 1. The summed E-state index contributed by atoms with van der Waals surface area (Å²) in [6.45, 7) is 1.76. The predicted molar refractivity (Wildman–Crippen MR) is 72.1 cm³/mol. The third-order valence-electron chi connectivity index (χ3n) is 2.89. The zero-order chi connectivity index (χ0) is 14.1. The van der Waals surface area contributed by atoms with Crippen LogP contribution < -0.4 is 5.32 Å². The zero-order valence-electron chi connectivity index (χ0n) is 10.7. The summed E-state index contributed by atoms with van der Waals surface area (Å²) >= 11 is 0. The van der Waals surface area contributed by atoms with Crippen molar-refractivity contribution in [2.24, 2.45) is 0 Å². The highest BCUT2D eigenvalue weighted by atomic mass is 19.1. The van der Waals surface area contributed by atoms with E-state index in [1.807, 2.05) is 18.2 Å². The highest BCUT2D eigenvalue weighted by Crippen LogP contribution is 2.13. The number of fused-ring (bicyclic) bond motifs is 1. The number of nitrogens with zero attached hydrogens (tertiary/aromatic N) is 3. The smallest absolute Gasteiger partial charge is 0.275 e. The Morgan fingerprint density at radius 1 is 1.30 bits per heavy atom. The Morgan fingerprint density at radius 2 is 2.15 bits per heavy atom. The second-order valence-corrected chi connectivity index (χ2v) is 4.29. The van der Waals surface area contributed by atoms with Gasteiger partial charge in [-0.1, -0.05) is 6.07 Å². The molecule has 0 aliphatic rings. The first kappa shape index (κ1) is 12.3. The summed E-state index contributed by atoms with van der Waals surface area (Å²) in [5.41, 5.74) is 1.75. The topological polar surface area (TPSA) is 59.3 Å². The van der Waals surface area contributed by atoms with Crippen LogP contribution in [0.3, 0.4) is 0 Å². The number of halogens is 1. The van der Waals surface area contributed by atoms with Gasteiger partial charge in [0.1, 0.15) is 23.0 Å². The summed E-state index contributed by atoms with van der Waals surface area (Å²) < 4.78 is 14.5. The zero-order valence-corrected chi connectivity index (χ0v) is 10.7. The van der Waals surface area contributed by atoms with Crippen LogP contribution in [-0.2, 0) is 0 Å². The number of carbonyl (C=O) groups excluding carboxylic acids is 1. The summed E-state index contributed by atoms with van der Waals surface area (Å²) in [5, 5.41) is 2.63. The Hall–Kier alpha value is -2.76. The summed E-state index contributed by atoms with van der Waals surface area (Å²) in [6.07, 6.45) is 2.82. The van der Waals surface area contributed by atoms with E-state index in [1.54, 1.807) is 17.5 Å². The fourth-order valence-corrected chi connectivity index (χ4v) is 2.01. The molecule has 5 nitrogen and oxygen atoms in total. The van der Waals surface area contributed by atoms with Crippen LogP contribution in [0, 0.1) is 12.7 Å². The molecule has 3 heterocycles. The van der Waals surface area contributed by atoms with Gasteiger partial charge in [0, 0.05) is 6.20 Å². The number of pyridine rings is 2. The molecule has 0 aromatic carbocycles. The van der Waals surface area contributed by atoms with Crippen LogP contribution in [0.1, 0.15) is 16.2 Å². The number of nitrogens with one attached hydrogen (secondary N) is 1. The van der Waals surface area contributed by atoms with Gasteiger partial charge in [0.15, 0.2) is 0 Å². The monoisotopic (exact) mass is 270 g/mol. The molecule has 0 aliphatic heterocycles. The van der Waals surface area contributed by atoms with Crippen molar-refractivity contribution < 1.29 is 9.18 Å². The van der Waals surface area contributed by atoms with Crippen LogP contribution in [0.25, 0.3) is 5.65 Å². The Balaban J connectivity index is 1.96. The van der Waals surface area contributed by atoms with Crippen molar-refractivity contribution in [1.82, 2.24) is 14.4 Å². The lowest BCUT2D eigenvalue weighted by molar-refractivity contribution is 0.102. The van der Waals surface area contributed by atoms with Crippen molar-refractivity contribution in [3.8, 4) is 0 Å². The number of anilines is 1. The molecule has 20 heavy (non-hydrogen) atoms. The molecular weight excluding hydrogens is 259 g/mol. The van der Waals surface area contributed by atoms with Gasteiger partial charge in [-0.15, -0.1) is 0 Å². The molecule has 1 N–H and O–H groups in total. The van der Waals surface area contributed by atoms with Gasteiger partial charge in [-0.25, -0.2) is 14.4 Å². The van der Waals surface area contributed by atoms with E-state index < -0.39 is 5.82 Å². The number of carbonyl (C=O) groups is 1. The second kappa shape index (κ2) is 4.73. The number of imidazole rings is 1. The predicted octanol–water partition coefficient (Wildman–Crippen LogP) is 2.43. The van der Waals surface area contributed by atoms with E-state index in [9.17, 15) is 9.18 Å². The SMILES string of the molecule is Cc1nc2ccccn2c1C(=O)Nc1ccc(F)cn1. The van der Waals surface area contributed by atoms with E-state index in [2.05, 4.69) is 15.3 Å². The lowest BCUT2D eigenvalue weighted by Gasteiger charge is -2.05. The summed E-state index contributed by atoms with van der Waals surface area (Å²) in [5.74, 6) is -0.490. The van der Waals surface area contributed by atoms with Gasteiger partial charge in [-0.2, -0.15) is 0 Å². The molecule has 3 aromatic heterocycles. The third kappa shape index (κ3) is 2.11. The van der Waals surface area contributed by atoms with Gasteiger partial charge in [-0.05, 0) is 31.2 Å².